The molecule has 0 saturated carbocycles. The van der Waals surface area contributed by atoms with Gasteiger partial charge in [0.1, 0.15) is 0 Å². The zero-order chi connectivity index (χ0) is 16.4. The zero-order valence-corrected chi connectivity index (χ0v) is 14.9. The van der Waals surface area contributed by atoms with Gasteiger partial charge in [-0.15, -0.1) is 11.8 Å². The Bertz CT molecular complexity index is 790. The van der Waals surface area contributed by atoms with E-state index < -0.39 is 0 Å². The molecule has 1 aliphatic heterocycles. The van der Waals surface area contributed by atoms with Crippen LogP contribution in [0, 0.1) is 0 Å². The smallest absolute Gasteiger partial charge is 0.272 e. The standard InChI is InChI=1S/C16H18N2O3S2/c1-4-22-16-17-11-7-8-23-14(11)15(19)18(16)10-5-6-12(20-2)13(9-10)21-3/h5-6,9H,4,7-8H2,1-3H3. The van der Waals surface area contributed by atoms with E-state index in [2.05, 4.69) is 6.92 Å². The van der Waals surface area contributed by atoms with E-state index in [1.165, 1.54) is 0 Å². The topological polar surface area (TPSA) is 53.4 Å². The van der Waals surface area contributed by atoms with Crippen molar-refractivity contribution in [1.82, 2.24) is 9.55 Å². The minimum atomic E-state index is 0.000620. The molecule has 0 atom stereocenters. The van der Waals surface area contributed by atoms with Crippen molar-refractivity contribution in [3.05, 3.63) is 34.2 Å². The van der Waals surface area contributed by atoms with Gasteiger partial charge in [-0.2, -0.15) is 0 Å². The van der Waals surface area contributed by atoms with Gasteiger partial charge in [0.15, 0.2) is 16.7 Å². The van der Waals surface area contributed by atoms with E-state index in [1.54, 1.807) is 48.4 Å². The van der Waals surface area contributed by atoms with Crippen LogP contribution in [-0.2, 0) is 6.42 Å². The molecule has 1 aromatic heterocycles. The Kier molecular flexibility index (Phi) is 4.87. The molecule has 5 nitrogen and oxygen atoms in total. The Morgan fingerprint density at radius 1 is 1.30 bits per heavy atom. The molecule has 7 heteroatoms. The number of ether oxygens (including phenoxy) is 2. The third-order valence-corrected chi connectivity index (χ3v) is 5.49. The minimum absolute atomic E-state index is 0.000620. The van der Waals surface area contributed by atoms with Gasteiger partial charge in [0.2, 0.25) is 0 Å². The average Bonchev–Trinajstić information content (AvgIpc) is 3.03. The fourth-order valence-corrected chi connectivity index (χ4v) is 4.29. The molecule has 0 aliphatic carbocycles. The molecular weight excluding hydrogens is 332 g/mol. The summed E-state index contributed by atoms with van der Waals surface area (Å²) >= 11 is 3.16. The molecule has 1 aliphatic rings. The summed E-state index contributed by atoms with van der Waals surface area (Å²) < 4.78 is 12.3. The van der Waals surface area contributed by atoms with E-state index in [9.17, 15) is 4.79 Å². The summed E-state index contributed by atoms with van der Waals surface area (Å²) in [5.74, 6) is 3.00. The van der Waals surface area contributed by atoms with Crippen LogP contribution in [0.3, 0.4) is 0 Å². The number of hydrogen-bond acceptors (Lipinski definition) is 6. The lowest BCUT2D eigenvalue weighted by Crippen LogP contribution is -2.23. The molecule has 0 radical (unpaired) electrons. The second kappa shape index (κ2) is 6.88. The fraction of sp³-hybridized carbons (Fsp3) is 0.375. The maximum Gasteiger partial charge on any atom is 0.272 e. The summed E-state index contributed by atoms with van der Waals surface area (Å²) in [7, 11) is 3.18. The summed E-state index contributed by atoms with van der Waals surface area (Å²) in [4.78, 5) is 18.4. The third-order valence-electron chi connectivity index (χ3n) is 3.57. The van der Waals surface area contributed by atoms with Crippen LogP contribution in [0.25, 0.3) is 5.69 Å². The van der Waals surface area contributed by atoms with Crippen molar-refractivity contribution in [2.75, 3.05) is 25.7 Å². The summed E-state index contributed by atoms with van der Waals surface area (Å²) in [5.41, 5.74) is 1.67. The Labute approximate surface area is 143 Å². The van der Waals surface area contributed by atoms with E-state index in [-0.39, 0.29) is 5.56 Å². The highest BCUT2D eigenvalue weighted by Crippen LogP contribution is 2.32. The van der Waals surface area contributed by atoms with E-state index >= 15 is 0 Å². The average molecular weight is 350 g/mol. The van der Waals surface area contributed by atoms with Crippen molar-refractivity contribution in [3.8, 4) is 17.2 Å². The molecule has 0 saturated heterocycles. The molecular formula is C16H18N2O3S2. The monoisotopic (exact) mass is 350 g/mol. The van der Waals surface area contributed by atoms with Crippen molar-refractivity contribution in [2.24, 2.45) is 0 Å². The Hall–Kier alpha value is -1.60. The van der Waals surface area contributed by atoms with Crippen LogP contribution in [0.15, 0.2) is 33.0 Å². The van der Waals surface area contributed by atoms with E-state index in [1.807, 2.05) is 12.1 Å². The molecule has 2 heterocycles. The number of aromatic nitrogens is 2. The van der Waals surface area contributed by atoms with Crippen molar-refractivity contribution >= 4 is 23.5 Å². The third kappa shape index (κ3) is 2.95. The van der Waals surface area contributed by atoms with Crippen LogP contribution >= 0.6 is 23.5 Å². The number of fused-ring (bicyclic) bond motifs is 1. The molecule has 23 heavy (non-hydrogen) atoms. The highest BCUT2D eigenvalue weighted by atomic mass is 32.2. The van der Waals surface area contributed by atoms with Gasteiger partial charge in [0.25, 0.3) is 5.56 Å². The van der Waals surface area contributed by atoms with Crippen molar-refractivity contribution in [2.45, 2.75) is 23.4 Å². The fourth-order valence-electron chi connectivity index (χ4n) is 2.51. The molecule has 122 valence electrons. The predicted molar refractivity (Wildman–Crippen MR) is 93.8 cm³/mol. The van der Waals surface area contributed by atoms with Crippen LogP contribution in [0.5, 0.6) is 11.5 Å². The van der Waals surface area contributed by atoms with Crippen LogP contribution < -0.4 is 15.0 Å². The maximum atomic E-state index is 12.9. The lowest BCUT2D eigenvalue weighted by atomic mass is 10.2. The molecule has 0 N–H and O–H groups in total. The van der Waals surface area contributed by atoms with Crippen molar-refractivity contribution < 1.29 is 9.47 Å². The van der Waals surface area contributed by atoms with Gasteiger partial charge in [-0.25, -0.2) is 4.98 Å². The molecule has 0 fully saturated rings. The first-order chi connectivity index (χ1) is 11.2. The first-order valence-corrected chi connectivity index (χ1v) is 9.30. The van der Waals surface area contributed by atoms with Gasteiger partial charge in [-0.3, -0.25) is 9.36 Å². The summed E-state index contributed by atoms with van der Waals surface area (Å²) in [6.45, 7) is 2.05. The van der Waals surface area contributed by atoms with Gasteiger partial charge < -0.3 is 9.47 Å². The molecule has 1 aromatic carbocycles. The largest absolute Gasteiger partial charge is 0.493 e. The number of nitrogens with zero attached hydrogens (tertiary/aromatic N) is 2. The molecule has 0 unspecified atom stereocenters. The first kappa shape index (κ1) is 16.3. The number of rotatable bonds is 5. The van der Waals surface area contributed by atoms with E-state index in [4.69, 9.17) is 14.5 Å². The Balaban J connectivity index is 2.21. The lowest BCUT2D eigenvalue weighted by molar-refractivity contribution is 0.354. The number of hydrogen-bond donors (Lipinski definition) is 0. The van der Waals surface area contributed by atoms with E-state index in [0.717, 1.165) is 39.4 Å². The van der Waals surface area contributed by atoms with Gasteiger partial charge in [0, 0.05) is 18.2 Å². The number of thioether (sulfide) groups is 2. The number of methoxy groups -OCH3 is 2. The molecule has 0 bridgehead atoms. The second-order valence-corrected chi connectivity index (χ2v) is 7.22. The highest BCUT2D eigenvalue weighted by Gasteiger charge is 2.22. The molecule has 0 amide bonds. The lowest BCUT2D eigenvalue weighted by Gasteiger charge is -2.15. The second-order valence-electron chi connectivity index (χ2n) is 4.88. The molecule has 3 rings (SSSR count). The molecule has 0 spiro atoms. The van der Waals surface area contributed by atoms with Crippen LogP contribution in [-0.4, -0.2) is 35.3 Å². The van der Waals surface area contributed by atoms with Crippen molar-refractivity contribution in [1.29, 1.82) is 0 Å². The maximum absolute atomic E-state index is 12.9. The Morgan fingerprint density at radius 2 is 2.09 bits per heavy atom. The van der Waals surface area contributed by atoms with Gasteiger partial charge >= 0.3 is 0 Å². The number of benzene rings is 1. The minimum Gasteiger partial charge on any atom is -0.493 e. The summed E-state index contributed by atoms with van der Waals surface area (Å²) in [6.07, 6.45) is 0.860. The normalized spacial score (nSPS) is 13.0. The summed E-state index contributed by atoms with van der Waals surface area (Å²) in [5, 5.41) is 0.728. The van der Waals surface area contributed by atoms with Crippen molar-refractivity contribution in [3.63, 3.8) is 0 Å². The van der Waals surface area contributed by atoms with Gasteiger partial charge in [-0.1, -0.05) is 18.7 Å². The van der Waals surface area contributed by atoms with Gasteiger partial charge in [-0.05, 0) is 17.9 Å². The number of aryl methyl sites for hydroxylation is 1. The quantitative estimate of drug-likeness (QED) is 0.610. The first-order valence-electron chi connectivity index (χ1n) is 7.33. The van der Waals surface area contributed by atoms with Crippen LogP contribution in [0.1, 0.15) is 12.6 Å². The van der Waals surface area contributed by atoms with Crippen LogP contribution in [0.2, 0.25) is 0 Å². The highest BCUT2D eigenvalue weighted by molar-refractivity contribution is 7.99. The van der Waals surface area contributed by atoms with E-state index in [0.29, 0.717) is 11.5 Å². The van der Waals surface area contributed by atoms with Crippen LogP contribution in [0.4, 0.5) is 0 Å². The molecule has 2 aromatic rings. The summed E-state index contributed by atoms with van der Waals surface area (Å²) in [6, 6.07) is 5.48. The SMILES string of the molecule is CCSc1nc2c(c(=O)n1-c1ccc(OC)c(OC)c1)SCC2. The van der Waals surface area contributed by atoms with Gasteiger partial charge in [0.05, 0.1) is 30.5 Å². The zero-order valence-electron chi connectivity index (χ0n) is 13.3. The Morgan fingerprint density at radius 3 is 2.78 bits per heavy atom. The predicted octanol–water partition coefficient (Wildman–Crippen LogP) is 3.01.